The first kappa shape index (κ1) is 75.5. The number of nitrogens with zero attached hydrogens (tertiary/aromatic N) is 1. The molecule has 0 aliphatic rings. The summed E-state index contributed by atoms with van der Waals surface area (Å²) in [6, 6.07) is -6.98. The Balaban J connectivity index is 2.53. The first-order valence-corrected chi connectivity index (χ1v) is 29.2. The average Bonchev–Trinajstić information content (AvgIpc) is 3.27. The maximum Gasteiger partial charge on any atom is 0.326 e. The lowest BCUT2D eigenvalue weighted by Crippen LogP contribution is -2.61. The Morgan fingerprint density at radius 2 is 1.10 bits per heavy atom. The van der Waals surface area contributed by atoms with Crippen LogP contribution in [-0.4, -0.2) is 194 Å². The fourth-order valence-electron chi connectivity index (χ4n) is 8.66. The Hall–Kier alpha value is -8.59. The predicted octanol–water partition coefficient (Wildman–Crippen LogP) is -3.92. The number of carboxylic acid groups (broad SMARTS) is 3. The van der Waals surface area contributed by atoms with E-state index in [0.29, 0.717) is 16.5 Å². The van der Waals surface area contributed by atoms with Gasteiger partial charge in [-0.2, -0.15) is 12.6 Å². The number of aliphatic hydroxyl groups excluding tert-OH is 1. The number of carboxylic acids is 3. The third-order valence-electron chi connectivity index (χ3n) is 13.5. The van der Waals surface area contributed by atoms with E-state index in [9.17, 15) is 82.8 Å². The molecule has 0 spiro atoms. The Kier molecular flexibility index (Phi) is 32.5. The number of hydrogen-bond donors (Lipinski definition) is 19. The molecule has 1 aromatic carbocycles. The highest BCUT2D eigenvalue weighted by molar-refractivity contribution is 7.80. The van der Waals surface area contributed by atoms with E-state index < -0.39 is 176 Å². The number of para-hydroxylation sites is 1. The number of nitrogens with one attached hydrogen (secondary N) is 11. The third kappa shape index (κ3) is 27.0. The lowest BCUT2D eigenvalue weighted by atomic mass is 9.96. The first-order chi connectivity index (χ1) is 41.3. The van der Waals surface area contributed by atoms with E-state index in [2.05, 4.69) is 75.8 Å². The van der Waals surface area contributed by atoms with Gasteiger partial charge in [0.25, 0.3) is 0 Å². The van der Waals surface area contributed by atoms with Crippen molar-refractivity contribution in [1.29, 1.82) is 0 Å². The number of aromatic nitrogens is 1. The topological polar surface area (TPSA) is 529 Å². The van der Waals surface area contributed by atoms with E-state index in [1.807, 2.05) is 0 Å². The molecule has 2 aromatic rings. The number of H-pyrrole nitrogens is 1. The van der Waals surface area contributed by atoms with Gasteiger partial charge in [-0.1, -0.05) is 66.2 Å². The number of aliphatic carboxylic acids is 3. The Morgan fingerprint density at radius 1 is 0.591 bits per heavy atom. The van der Waals surface area contributed by atoms with Crippen molar-refractivity contribution in [2.45, 2.75) is 167 Å². The molecule has 88 heavy (non-hydrogen) atoms. The van der Waals surface area contributed by atoms with Crippen LogP contribution in [0.5, 0.6) is 0 Å². The highest BCUT2D eigenvalue weighted by atomic mass is 32.1. The monoisotopic (exact) mass is 1260 g/mol. The number of fused-ring (bicyclic) bond motifs is 1. The van der Waals surface area contributed by atoms with Crippen LogP contribution in [0.15, 0.2) is 35.5 Å². The molecular formula is C55H87N15O17S. The van der Waals surface area contributed by atoms with Crippen molar-refractivity contribution in [2.24, 2.45) is 39.9 Å². The lowest BCUT2D eigenvalue weighted by Gasteiger charge is -2.29. The van der Waals surface area contributed by atoms with Gasteiger partial charge in [-0.05, 0) is 68.4 Å². The number of aliphatic imine (C=N–C) groups is 1. The summed E-state index contributed by atoms with van der Waals surface area (Å²) in [4.78, 5) is 179. The standard InChI is InChI=1S/C55H87N15O17S/c1-8-28(6)44(52(84)65-35(15-16-42(74)75)47(79)62-23-40(72)63-36(18-26(2)3)49(81)68-39(54(86)87)19-27(4)5)70-51(83)37(20-30-22-60-33-13-10-9-12-31(30)33)66-50(82)38(21-43(76)77)67-48(80)34(14-11-17-59-55(57)58)64-53(85)45(29(7)71)69-41(73)24-61-46(78)32(56)25-88/h9-10,12-13,22,26-29,32,34-39,44-45,60,71,88H,8,11,14-21,23-25,56H2,1-7H3,(H,61,78)(H,62,79)(H,63,72)(H,64,85)(H,65,84)(H,66,82)(H,67,80)(H,68,81)(H,69,73)(H,70,83)(H,74,75)(H,76,77)(H,86,87)(H4,57,58,59)/t28-,29+,32-,34-,35-,36-,37-,38-,39-,44-,45-/m0/s1. The number of hydrogen-bond acceptors (Lipinski definition) is 17. The number of aliphatic hydroxyl groups is 1. The summed E-state index contributed by atoms with van der Waals surface area (Å²) < 4.78 is 0. The van der Waals surface area contributed by atoms with Gasteiger partial charge in [0.2, 0.25) is 59.1 Å². The number of carbonyl (C=O) groups is 13. The van der Waals surface area contributed by atoms with E-state index in [1.54, 1.807) is 65.8 Å². The van der Waals surface area contributed by atoms with Gasteiger partial charge in [-0.15, -0.1) is 0 Å². The van der Waals surface area contributed by atoms with E-state index >= 15 is 0 Å². The van der Waals surface area contributed by atoms with Crippen molar-refractivity contribution >= 4 is 106 Å². The highest BCUT2D eigenvalue weighted by Gasteiger charge is 2.37. The predicted molar refractivity (Wildman–Crippen MR) is 322 cm³/mol. The summed E-state index contributed by atoms with van der Waals surface area (Å²) in [5, 5.41) is 64.4. The minimum atomic E-state index is -2.00. The minimum absolute atomic E-state index is 0.0205. The van der Waals surface area contributed by atoms with Gasteiger partial charge in [0.1, 0.15) is 48.3 Å². The molecule has 0 saturated carbocycles. The summed E-state index contributed by atoms with van der Waals surface area (Å²) in [5.74, 6) is -15.7. The van der Waals surface area contributed by atoms with E-state index in [4.69, 9.17) is 17.2 Å². The zero-order chi connectivity index (χ0) is 66.5. The summed E-state index contributed by atoms with van der Waals surface area (Å²) in [5.41, 5.74) is 17.6. The normalized spacial score (nSPS) is 14.9. The summed E-state index contributed by atoms with van der Waals surface area (Å²) >= 11 is 3.93. The Labute approximate surface area is 513 Å². The maximum atomic E-state index is 14.7. The van der Waals surface area contributed by atoms with E-state index in [1.165, 1.54) is 6.20 Å². The molecule has 33 heteroatoms. The second kappa shape index (κ2) is 37.9. The number of rotatable bonds is 40. The Morgan fingerprint density at radius 3 is 1.66 bits per heavy atom. The SMILES string of the molecule is CC[C@H](C)[C@H](NC(=O)[C@H](Cc1c[nH]c2ccccc12)NC(=O)[C@H](CC(=O)O)NC(=O)[C@H](CCCN=C(N)N)NC(=O)[C@@H](NC(=O)CNC(=O)[C@@H](N)CS)[C@@H](C)O)C(=O)N[C@@H](CCC(=O)O)C(=O)NCC(=O)N[C@@H](CC(C)C)C(=O)N[C@@H](CC(C)C)C(=O)O. The third-order valence-corrected chi connectivity index (χ3v) is 13.9. The van der Waals surface area contributed by atoms with Crippen molar-refractivity contribution in [3.8, 4) is 0 Å². The second-order valence-electron chi connectivity index (χ2n) is 21.9. The second-order valence-corrected chi connectivity index (χ2v) is 22.3. The molecule has 2 rings (SSSR count). The smallest absolute Gasteiger partial charge is 0.326 e. The van der Waals surface area contributed by atoms with Crippen molar-refractivity contribution in [1.82, 2.24) is 58.2 Å². The molecule has 1 heterocycles. The quantitative estimate of drug-likeness (QED) is 0.0131. The number of guanidine groups is 1. The molecule has 1 aromatic heterocycles. The van der Waals surface area contributed by atoms with E-state index in [0.717, 1.165) is 6.92 Å². The van der Waals surface area contributed by atoms with Gasteiger partial charge in [0.05, 0.1) is 31.7 Å². The molecule has 0 radical (unpaired) electrons. The van der Waals surface area contributed by atoms with Crippen LogP contribution < -0.4 is 70.4 Å². The highest BCUT2D eigenvalue weighted by Crippen LogP contribution is 2.20. The molecule has 0 saturated heterocycles. The summed E-state index contributed by atoms with van der Waals surface area (Å²) in [6.45, 7) is 9.84. The molecule has 0 unspecified atom stereocenters. The number of aromatic amines is 1. The van der Waals surface area contributed by atoms with Gasteiger partial charge in [0.15, 0.2) is 5.96 Å². The molecular weight excluding hydrogens is 1170 g/mol. The van der Waals surface area contributed by atoms with Gasteiger partial charge in [-0.25, -0.2) is 4.79 Å². The zero-order valence-corrected chi connectivity index (χ0v) is 51.2. The van der Waals surface area contributed by atoms with Crippen LogP contribution >= 0.6 is 12.6 Å². The number of nitrogens with two attached hydrogens (primary N) is 3. The van der Waals surface area contributed by atoms with Crippen LogP contribution in [-0.2, 0) is 68.7 Å². The molecule has 0 fully saturated rings. The van der Waals surface area contributed by atoms with Gasteiger partial charge >= 0.3 is 17.9 Å². The van der Waals surface area contributed by atoms with Crippen LogP contribution in [0.1, 0.15) is 105 Å². The summed E-state index contributed by atoms with van der Waals surface area (Å²) in [6.07, 6.45) is -2.65. The van der Waals surface area contributed by atoms with Crippen LogP contribution in [0.25, 0.3) is 10.9 Å². The van der Waals surface area contributed by atoms with Crippen molar-refractivity contribution in [3.05, 3.63) is 36.0 Å². The fourth-order valence-corrected chi connectivity index (χ4v) is 8.83. The van der Waals surface area contributed by atoms with Crippen molar-refractivity contribution in [2.75, 3.05) is 25.4 Å². The molecule has 32 nitrogen and oxygen atoms in total. The summed E-state index contributed by atoms with van der Waals surface area (Å²) in [7, 11) is 0. The van der Waals surface area contributed by atoms with Crippen LogP contribution in [0, 0.1) is 17.8 Å². The number of benzene rings is 1. The molecule has 0 aliphatic carbocycles. The van der Waals surface area contributed by atoms with Gasteiger partial charge in [0, 0.05) is 42.2 Å². The van der Waals surface area contributed by atoms with Gasteiger partial charge in [-0.3, -0.25) is 62.5 Å². The van der Waals surface area contributed by atoms with Crippen molar-refractivity contribution in [3.63, 3.8) is 0 Å². The molecule has 11 atom stereocenters. The molecule has 0 aliphatic heterocycles. The lowest BCUT2D eigenvalue weighted by molar-refractivity contribution is -0.143. The van der Waals surface area contributed by atoms with Crippen LogP contribution in [0.2, 0.25) is 0 Å². The maximum absolute atomic E-state index is 14.7. The van der Waals surface area contributed by atoms with Crippen molar-refractivity contribution < 1.29 is 82.8 Å². The number of carbonyl (C=O) groups excluding carboxylic acids is 10. The molecule has 10 amide bonds. The van der Waals surface area contributed by atoms with Gasteiger partial charge < -0.3 is 95.8 Å². The molecule has 0 bridgehead atoms. The van der Waals surface area contributed by atoms with Crippen LogP contribution in [0.4, 0.5) is 0 Å². The van der Waals surface area contributed by atoms with E-state index in [-0.39, 0.29) is 68.6 Å². The molecule has 21 N–H and O–H groups in total. The average molecular weight is 1260 g/mol. The largest absolute Gasteiger partial charge is 0.481 e. The number of thiol groups is 1. The fraction of sp³-hybridized carbons (Fsp3) is 0.600. The number of amides is 10. The Bertz CT molecular complexity index is 2790. The zero-order valence-electron chi connectivity index (χ0n) is 50.3. The minimum Gasteiger partial charge on any atom is -0.481 e. The molecule has 490 valence electrons. The first-order valence-electron chi connectivity index (χ1n) is 28.6. The van der Waals surface area contributed by atoms with Crippen LogP contribution in [0.3, 0.4) is 0 Å².